The van der Waals surface area contributed by atoms with Gasteiger partial charge >= 0.3 is 0 Å². The predicted octanol–water partition coefficient (Wildman–Crippen LogP) is 4.06. The van der Waals surface area contributed by atoms with Crippen LogP contribution in [0.3, 0.4) is 0 Å². The van der Waals surface area contributed by atoms with Gasteiger partial charge < -0.3 is 5.73 Å². The number of benzene rings is 1. The molecular weight excluding hydrogens is 294 g/mol. The Bertz CT molecular complexity index is 584. The van der Waals surface area contributed by atoms with E-state index in [1.165, 1.54) is 5.56 Å². The molecule has 0 amide bonds. The van der Waals surface area contributed by atoms with E-state index in [-0.39, 0.29) is 0 Å². The highest BCUT2D eigenvalue weighted by Crippen LogP contribution is 2.20. The quantitative estimate of drug-likeness (QED) is 0.851. The lowest BCUT2D eigenvalue weighted by Gasteiger charge is -2.30. The van der Waals surface area contributed by atoms with Crippen LogP contribution in [-0.2, 0) is 6.54 Å². The first-order valence-corrected chi connectivity index (χ1v) is 8.13. The van der Waals surface area contributed by atoms with Gasteiger partial charge in [-0.25, -0.2) is 4.99 Å². The SMILES string of the molecule is CC/C=C(Cl)/N=C1/CCN(Cc2ccccc2)C/C1=C(/C)N. The van der Waals surface area contributed by atoms with Crippen molar-refractivity contribution >= 4 is 17.3 Å². The largest absolute Gasteiger partial charge is 0.402 e. The summed E-state index contributed by atoms with van der Waals surface area (Å²) in [6.45, 7) is 6.72. The maximum absolute atomic E-state index is 6.15. The predicted molar refractivity (Wildman–Crippen MR) is 94.9 cm³/mol. The fourth-order valence-electron chi connectivity index (χ4n) is 2.60. The Kier molecular flexibility index (Phi) is 6.22. The Morgan fingerprint density at radius 3 is 2.73 bits per heavy atom. The minimum absolute atomic E-state index is 0.563. The Morgan fingerprint density at radius 1 is 1.36 bits per heavy atom. The summed E-state index contributed by atoms with van der Waals surface area (Å²) >= 11 is 6.15. The number of hydrogen-bond acceptors (Lipinski definition) is 3. The van der Waals surface area contributed by atoms with Gasteiger partial charge in [-0.1, -0.05) is 48.9 Å². The minimum Gasteiger partial charge on any atom is -0.402 e. The fourth-order valence-corrected chi connectivity index (χ4v) is 2.86. The maximum Gasteiger partial charge on any atom is 0.125 e. The third kappa shape index (κ3) is 4.72. The van der Waals surface area contributed by atoms with Crippen LogP contribution in [0.5, 0.6) is 0 Å². The van der Waals surface area contributed by atoms with E-state index in [2.05, 4.69) is 41.1 Å². The number of halogens is 1. The molecular formula is C18H24ClN3. The van der Waals surface area contributed by atoms with Gasteiger partial charge in [0, 0.05) is 43.0 Å². The molecule has 0 aromatic heterocycles. The van der Waals surface area contributed by atoms with Gasteiger partial charge in [-0.15, -0.1) is 0 Å². The van der Waals surface area contributed by atoms with Gasteiger partial charge in [-0.2, -0.15) is 0 Å². The lowest BCUT2D eigenvalue weighted by atomic mass is 9.99. The molecule has 2 N–H and O–H groups in total. The van der Waals surface area contributed by atoms with E-state index in [4.69, 9.17) is 17.3 Å². The molecule has 1 heterocycles. The molecule has 0 spiro atoms. The summed E-state index contributed by atoms with van der Waals surface area (Å²) in [7, 11) is 0. The number of aliphatic imine (C=N–C) groups is 1. The highest BCUT2D eigenvalue weighted by molar-refractivity contribution is 6.30. The number of piperidine rings is 1. The van der Waals surface area contributed by atoms with Crippen molar-refractivity contribution in [2.45, 2.75) is 33.2 Å². The highest BCUT2D eigenvalue weighted by Gasteiger charge is 2.21. The van der Waals surface area contributed by atoms with E-state index in [1.807, 2.05) is 19.1 Å². The normalized spacial score (nSPS) is 21.2. The molecule has 0 radical (unpaired) electrons. The molecule has 0 unspecified atom stereocenters. The summed E-state index contributed by atoms with van der Waals surface area (Å²) in [4.78, 5) is 6.95. The molecule has 1 aliphatic heterocycles. The molecule has 1 aromatic carbocycles. The number of nitrogens with two attached hydrogens (primary N) is 1. The number of nitrogens with zero attached hydrogens (tertiary/aromatic N) is 2. The van der Waals surface area contributed by atoms with E-state index in [0.29, 0.717) is 5.16 Å². The maximum atomic E-state index is 6.15. The lowest BCUT2D eigenvalue weighted by Crippen LogP contribution is -2.36. The second kappa shape index (κ2) is 8.16. The Balaban J connectivity index is 2.12. The second-order valence-corrected chi connectivity index (χ2v) is 5.99. The van der Waals surface area contributed by atoms with Gasteiger partial charge in [-0.05, 0) is 25.0 Å². The van der Waals surface area contributed by atoms with Crippen LogP contribution in [0, 0.1) is 0 Å². The van der Waals surface area contributed by atoms with Gasteiger partial charge in [0.2, 0.25) is 0 Å². The van der Waals surface area contributed by atoms with Crippen LogP contribution >= 0.6 is 11.6 Å². The Labute approximate surface area is 138 Å². The summed E-state index contributed by atoms with van der Waals surface area (Å²) in [5.74, 6) is 0. The van der Waals surface area contributed by atoms with Crippen molar-refractivity contribution in [1.29, 1.82) is 0 Å². The Morgan fingerprint density at radius 2 is 2.09 bits per heavy atom. The van der Waals surface area contributed by atoms with Gasteiger partial charge in [-0.3, -0.25) is 4.90 Å². The Hall–Kier alpha value is -1.58. The van der Waals surface area contributed by atoms with Crippen LogP contribution in [0.25, 0.3) is 0 Å². The fraction of sp³-hybridized carbons (Fsp3) is 0.389. The van der Waals surface area contributed by atoms with Crippen LogP contribution < -0.4 is 5.73 Å². The van der Waals surface area contributed by atoms with Gasteiger partial charge in [0.1, 0.15) is 5.16 Å². The van der Waals surface area contributed by atoms with Crippen molar-refractivity contribution in [2.75, 3.05) is 13.1 Å². The number of rotatable bonds is 4. The number of hydrogen-bond donors (Lipinski definition) is 1. The molecule has 4 heteroatoms. The molecule has 2 rings (SSSR count). The topological polar surface area (TPSA) is 41.6 Å². The number of allylic oxidation sites excluding steroid dienone is 2. The van der Waals surface area contributed by atoms with Crippen LogP contribution in [-0.4, -0.2) is 23.7 Å². The van der Waals surface area contributed by atoms with Crippen LogP contribution in [0.15, 0.2) is 57.8 Å². The smallest absolute Gasteiger partial charge is 0.125 e. The van der Waals surface area contributed by atoms with Crippen LogP contribution in [0.1, 0.15) is 32.3 Å². The highest BCUT2D eigenvalue weighted by atomic mass is 35.5. The minimum atomic E-state index is 0.563. The molecule has 118 valence electrons. The van der Waals surface area contributed by atoms with Gasteiger partial charge in [0.15, 0.2) is 0 Å². The first-order chi connectivity index (χ1) is 10.6. The van der Waals surface area contributed by atoms with Crippen molar-refractivity contribution in [3.05, 3.63) is 58.4 Å². The monoisotopic (exact) mass is 317 g/mol. The van der Waals surface area contributed by atoms with E-state index < -0.39 is 0 Å². The summed E-state index contributed by atoms with van der Waals surface area (Å²) in [5.41, 5.74) is 10.4. The molecule has 1 saturated heterocycles. The first-order valence-electron chi connectivity index (χ1n) is 7.75. The molecule has 0 atom stereocenters. The molecule has 1 fully saturated rings. The lowest BCUT2D eigenvalue weighted by molar-refractivity contribution is 0.289. The summed E-state index contributed by atoms with van der Waals surface area (Å²) in [5, 5.41) is 0.563. The van der Waals surface area contributed by atoms with Gasteiger partial charge in [0.25, 0.3) is 0 Å². The first kappa shape index (κ1) is 16.8. The third-order valence-corrected chi connectivity index (χ3v) is 3.97. The summed E-state index contributed by atoms with van der Waals surface area (Å²) in [6, 6.07) is 10.5. The summed E-state index contributed by atoms with van der Waals surface area (Å²) < 4.78 is 0. The van der Waals surface area contributed by atoms with E-state index in [9.17, 15) is 0 Å². The molecule has 1 aromatic rings. The van der Waals surface area contributed by atoms with Gasteiger partial charge in [0.05, 0.1) is 0 Å². The molecule has 0 bridgehead atoms. The average Bonchev–Trinajstić information content (AvgIpc) is 2.50. The van der Waals surface area contributed by atoms with Crippen molar-refractivity contribution in [3.63, 3.8) is 0 Å². The van der Waals surface area contributed by atoms with E-state index in [0.717, 1.165) is 49.5 Å². The van der Waals surface area contributed by atoms with E-state index in [1.54, 1.807) is 0 Å². The van der Waals surface area contributed by atoms with E-state index >= 15 is 0 Å². The summed E-state index contributed by atoms with van der Waals surface area (Å²) in [6.07, 6.45) is 3.69. The van der Waals surface area contributed by atoms with Crippen molar-refractivity contribution < 1.29 is 0 Å². The van der Waals surface area contributed by atoms with Crippen molar-refractivity contribution in [1.82, 2.24) is 4.90 Å². The zero-order valence-corrected chi connectivity index (χ0v) is 14.1. The van der Waals surface area contributed by atoms with Crippen LogP contribution in [0.4, 0.5) is 0 Å². The average molecular weight is 318 g/mol. The zero-order valence-electron chi connectivity index (χ0n) is 13.3. The van der Waals surface area contributed by atoms with Crippen molar-refractivity contribution in [2.24, 2.45) is 10.7 Å². The van der Waals surface area contributed by atoms with Crippen LogP contribution in [0.2, 0.25) is 0 Å². The van der Waals surface area contributed by atoms with Crippen molar-refractivity contribution in [3.8, 4) is 0 Å². The molecule has 0 saturated carbocycles. The molecule has 3 nitrogen and oxygen atoms in total. The molecule has 0 aliphatic carbocycles. The second-order valence-electron chi connectivity index (χ2n) is 5.60. The number of likely N-dealkylation sites (tertiary alicyclic amines) is 1. The third-order valence-electron chi connectivity index (χ3n) is 3.73. The standard InChI is InChI=1S/C18H24ClN3/c1-3-7-18(19)21-17-10-11-22(13-16(17)14(2)20)12-15-8-5-4-6-9-15/h4-9H,3,10-13,20H2,1-2H3/b16-14+,18-7+,21-17-. The molecule has 22 heavy (non-hydrogen) atoms. The molecule has 1 aliphatic rings. The zero-order chi connectivity index (χ0) is 15.9.